The van der Waals surface area contributed by atoms with Gasteiger partial charge in [0.25, 0.3) is 5.91 Å². The van der Waals surface area contributed by atoms with Gasteiger partial charge < -0.3 is 19.7 Å². The number of benzene rings is 1. The summed E-state index contributed by atoms with van der Waals surface area (Å²) in [5.74, 6) is 1.42. The van der Waals surface area contributed by atoms with Crippen molar-refractivity contribution in [3.05, 3.63) is 23.8 Å². The summed E-state index contributed by atoms with van der Waals surface area (Å²) in [6.07, 6.45) is 2.17. The van der Waals surface area contributed by atoms with E-state index >= 15 is 0 Å². The molecule has 0 bridgehead atoms. The number of likely N-dealkylation sites (N-methyl/N-ethyl adjacent to an activating group) is 1. The predicted molar refractivity (Wildman–Crippen MR) is 75.4 cm³/mol. The number of hydrogen-bond donors (Lipinski definition) is 1. The molecule has 1 atom stereocenters. The molecule has 1 fully saturated rings. The fraction of sp³-hybridized carbons (Fsp3) is 0.533. The number of amides is 1. The normalized spacial score (nSPS) is 21.4. The molecule has 5 nitrogen and oxygen atoms in total. The summed E-state index contributed by atoms with van der Waals surface area (Å²) in [4.78, 5) is 14.4. The Morgan fingerprint density at radius 2 is 2.10 bits per heavy atom. The van der Waals surface area contributed by atoms with E-state index < -0.39 is 0 Å². The van der Waals surface area contributed by atoms with Crippen LogP contribution in [-0.2, 0) is 0 Å². The van der Waals surface area contributed by atoms with Crippen LogP contribution in [0.5, 0.6) is 11.5 Å². The van der Waals surface area contributed by atoms with E-state index in [2.05, 4.69) is 5.32 Å². The first-order chi connectivity index (χ1) is 9.75. The summed E-state index contributed by atoms with van der Waals surface area (Å²) in [5, 5.41) is 3.33. The van der Waals surface area contributed by atoms with Crippen molar-refractivity contribution in [3.63, 3.8) is 0 Å². The molecule has 1 N–H and O–H groups in total. The van der Waals surface area contributed by atoms with Crippen LogP contribution in [0.2, 0.25) is 0 Å². The second kappa shape index (κ2) is 5.71. The molecule has 2 aliphatic rings. The molecule has 0 aliphatic carbocycles. The van der Waals surface area contributed by atoms with Crippen LogP contribution in [0.4, 0.5) is 0 Å². The highest BCUT2D eigenvalue weighted by molar-refractivity contribution is 5.95. The van der Waals surface area contributed by atoms with Gasteiger partial charge in [-0.05, 0) is 37.6 Å². The van der Waals surface area contributed by atoms with Crippen molar-refractivity contribution in [2.75, 3.05) is 33.4 Å². The molecule has 2 heterocycles. The number of rotatable bonds is 2. The predicted octanol–water partition coefficient (Wildman–Crippen LogP) is 1.28. The maximum Gasteiger partial charge on any atom is 0.254 e. The Hall–Kier alpha value is -1.75. The molecule has 1 amide bonds. The molecule has 5 heteroatoms. The molecule has 0 unspecified atom stereocenters. The fourth-order valence-corrected chi connectivity index (χ4v) is 2.71. The molecule has 2 aliphatic heterocycles. The topological polar surface area (TPSA) is 50.8 Å². The monoisotopic (exact) mass is 276 g/mol. The van der Waals surface area contributed by atoms with E-state index in [0.717, 1.165) is 31.7 Å². The zero-order chi connectivity index (χ0) is 13.9. The summed E-state index contributed by atoms with van der Waals surface area (Å²) in [5.41, 5.74) is 0.655. The van der Waals surface area contributed by atoms with Crippen LogP contribution in [0.3, 0.4) is 0 Å². The molecule has 0 saturated carbocycles. The third kappa shape index (κ3) is 2.58. The molecular formula is C15H20N2O3. The van der Waals surface area contributed by atoms with Crippen LogP contribution in [0.25, 0.3) is 0 Å². The van der Waals surface area contributed by atoms with Gasteiger partial charge in [-0.2, -0.15) is 0 Å². The van der Waals surface area contributed by atoms with Crippen molar-refractivity contribution in [2.45, 2.75) is 18.9 Å². The second-order valence-electron chi connectivity index (χ2n) is 5.27. The van der Waals surface area contributed by atoms with Crippen molar-refractivity contribution < 1.29 is 14.3 Å². The highest BCUT2D eigenvalue weighted by Crippen LogP contribution is 2.31. The van der Waals surface area contributed by atoms with Crippen molar-refractivity contribution >= 4 is 5.91 Å². The van der Waals surface area contributed by atoms with Gasteiger partial charge in [-0.25, -0.2) is 0 Å². The van der Waals surface area contributed by atoms with Crippen molar-refractivity contribution in [1.82, 2.24) is 10.2 Å². The van der Waals surface area contributed by atoms with Crippen LogP contribution in [-0.4, -0.2) is 50.2 Å². The first-order valence-electron chi connectivity index (χ1n) is 7.13. The van der Waals surface area contributed by atoms with Gasteiger partial charge >= 0.3 is 0 Å². The van der Waals surface area contributed by atoms with Gasteiger partial charge in [-0.1, -0.05) is 0 Å². The zero-order valence-electron chi connectivity index (χ0n) is 11.7. The highest BCUT2D eigenvalue weighted by Gasteiger charge is 2.24. The average Bonchev–Trinajstić information content (AvgIpc) is 2.54. The summed E-state index contributed by atoms with van der Waals surface area (Å²) in [6.45, 7) is 3.01. The third-order valence-electron chi connectivity index (χ3n) is 3.93. The number of hydrogen-bond acceptors (Lipinski definition) is 4. The van der Waals surface area contributed by atoms with E-state index in [1.165, 1.54) is 0 Å². The lowest BCUT2D eigenvalue weighted by molar-refractivity contribution is 0.0707. The number of carbonyl (C=O) groups is 1. The molecular weight excluding hydrogens is 256 g/mol. The summed E-state index contributed by atoms with van der Waals surface area (Å²) >= 11 is 0. The minimum Gasteiger partial charge on any atom is -0.486 e. The third-order valence-corrected chi connectivity index (χ3v) is 3.93. The summed E-state index contributed by atoms with van der Waals surface area (Å²) in [6, 6.07) is 5.67. The van der Waals surface area contributed by atoms with Gasteiger partial charge in [-0.3, -0.25) is 4.79 Å². The van der Waals surface area contributed by atoms with Gasteiger partial charge in [-0.15, -0.1) is 0 Å². The first kappa shape index (κ1) is 13.2. The minimum absolute atomic E-state index is 0.0377. The van der Waals surface area contributed by atoms with Crippen molar-refractivity contribution in [3.8, 4) is 11.5 Å². The van der Waals surface area contributed by atoms with Gasteiger partial charge in [0.05, 0.1) is 0 Å². The summed E-state index contributed by atoms with van der Waals surface area (Å²) in [7, 11) is 1.87. The van der Waals surface area contributed by atoms with Crippen LogP contribution in [0.1, 0.15) is 23.2 Å². The largest absolute Gasteiger partial charge is 0.486 e. The Bertz CT molecular complexity index is 498. The van der Waals surface area contributed by atoms with E-state index in [1.54, 1.807) is 6.07 Å². The second-order valence-corrected chi connectivity index (χ2v) is 5.27. The van der Waals surface area contributed by atoms with Crippen LogP contribution < -0.4 is 14.8 Å². The Kier molecular flexibility index (Phi) is 3.78. The van der Waals surface area contributed by atoms with E-state index in [-0.39, 0.29) is 11.9 Å². The first-order valence-corrected chi connectivity index (χ1v) is 7.13. The number of piperidine rings is 1. The Labute approximate surface area is 118 Å². The molecule has 3 rings (SSSR count). The van der Waals surface area contributed by atoms with E-state index in [9.17, 15) is 4.79 Å². The number of ether oxygens (including phenoxy) is 2. The van der Waals surface area contributed by atoms with Crippen LogP contribution in [0, 0.1) is 0 Å². The maximum absolute atomic E-state index is 12.5. The molecule has 0 spiro atoms. The summed E-state index contributed by atoms with van der Waals surface area (Å²) < 4.78 is 11.0. The molecule has 20 heavy (non-hydrogen) atoms. The number of fused-ring (bicyclic) bond motifs is 1. The molecule has 108 valence electrons. The van der Waals surface area contributed by atoms with E-state index in [4.69, 9.17) is 9.47 Å². The Morgan fingerprint density at radius 1 is 1.30 bits per heavy atom. The van der Waals surface area contributed by atoms with Gasteiger partial charge in [0.15, 0.2) is 11.5 Å². The SMILES string of the molecule is CN(C(=O)c1ccc2c(c1)OCCO2)[C@H]1CCCNC1. The molecule has 1 aromatic rings. The zero-order valence-corrected chi connectivity index (χ0v) is 11.7. The minimum atomic E-state index is 0.0377. The van der Waals surface area contributed by atoms with Crippen LogP contribution in [0.15, 0.2) is 18.2 Å². The lowest BCUT2D eigenvalue weighted by Crippen LogP contribution is -2.46. The van der Waals surface area contributed by atoms with Crippen LogP contribution >= 0.6 is 0 Å². The molecule has 1 saturated heterocycles. The molecule has 1 aromatic carbocycles. The van der Waals surface area contributed by atoms with Gasteiger partial charge in [0.1, 0.15) is 13.2 Å². The Balaban J connectivity index is 1.75. The lowest BCUT2D eigenvalue weighted by Gasteiger charge is -2.32. The lowest BCUT2D eigenvalue weighted by atomic mass is 10.0. The van der Waals surface area contributed by atoms with E-state index in [1.807, 2.05) is 24.1 Å². The van der Waals surface area contributed by atoms with E-state index in [0.29, 0.717) is 24.5 Å². The average molecular weight is 276 g/mol. The van der Waals surface area contributed by atoms with Gasteiger partial charge in [0, 0.05) is 25.2 Å². The fourth-order valence-electron chi connectivity index (χ4n) is 2.71. The number of carbonyl (C=O) groups excluding carboxylic acids is 1. The van der Waals surface area contributed by atoms with Gasteiger partial charge in [0.2, 0.25) is 0 Å². The molecule has 0 radical (unpaired) electrons. The van der Waals surface area contributed by atoms with Crippen molar-refractivity contribution in [2.24, 2.45) is 0 Å². The highest BCUT2D eigenvalue weighted by atomic mass is 16.6. The number of nitrogens with one attached hydrogen (secondary N) is 1. The molecule has 0 aromatic heterocycles. The van der Waals surface area contributed by atoms with Crippen molar-refractivity contribution in [1.29, 1.82) is 0 Å². The quantitative estimate of drug-likeness (QED) is 0.884. The number of nitrogens with zero attached hydrogens (tertiary/aromatic N) is 1. The smallest absolute Gasteiger partial charge is 0.254 e. The maximum atomic E-state index is 12.5. The standard InChI is InChI=1S/C15H20N2O3/c1-17(12-3-2-6-16-10-12)15(18)11-4-5-13-14(9-11)20-8-7-19-13/h4-5,9,12,16H,2-3,6-8,10H2,1H3/t12-/m0/s1. The Morgan fingerprint density at radius 3 is 2.85 bits per heavy atom.